The van der Waals surface area contributed by atoms with Gasteiger partial charge < -0.3 is 4.90 Å². The first-order chi connectivity index (χ1) is 13.5. The fourth-order valence-electron chi connectivity index (χ4n) is 3.97. The zero-order chi connectivity index (χ0) is 19.7. The second kappa shape index (κ2) is 8.22. The Kier molecular flexibility index (Phi) is 5.70. The van der Waals surface area contributed by atoms with Crippen LogP contribution < -0.4 is 0 Å². The average molecular weight is 417 g/mol. The smallest absolute Gasteiger partial charge is 0.227 e. The van der Waals surface area contributed by atoms with Crippen LogP contribution in [0.15, 0.2) is 36.7 Å². The van der Waals surface area contributed by atoms with E-state index in [4.69, 9.17) is 23.2 Å². The van der Waals surface area contributed by atoms with Crippen LogP contribution in [0, 0.1) is 0 Å². The molecule has 0 spiro atoms. The van der Waals surface area contributed by atoms with E-state index in [1.54, 1.807) is 35.5 Å². The lowest BCUT2D eigenvalue weighted by Crippen LogP contribution is -2.48. The van der Waals surface area contributed by atoms with Gasteiger partial charge in [-0.1, -0.05) is 29.3 Å². The van der Waals surface area contributed by atoms with Gasteiger partial charge in [0.05, 0.1) is 22.5 Å². The lowest BCUT2D eigenvalue weighted by Gasteiger charge is -2.35. The third kappa shape index (κ3) is 4.08. The molecule has 2 fully saturated rings. The van der Waals surface area contributed by atoms with Crippen LogP contribution in [0.2, 0.25) is 10.0 Å². The van der Waals surface area contributed by atoms with Gasteiger partial charge in [-0.3, -0.25) is 14.6 Å². The maximum atomic E-state index is 13.3. The second-order valence-electron chi connectivity index (χ2n) is 7.63. The number of rotatable bonds is 5. The highest BCUT2D eigenvalue weighted by Gasteiger charge is 2.35. The van der Waals surface area contributed by atoms with Gasteiger partial charge in [0.15, 0.2) is 5.78 Å². The number of benzene rings is 1. The minimum atomic E-state index is -0.411. The van der Waals surface area contributed by atoms with Crippen molar-refractivity contribution >= 4 is 34.9 Å². The zero-order valence-corrected chi connectivity index (χ0v) is 17.0. The molecule has 1 saturated carbocycles. The molecule has 1 aromatic heterocycles. The normalized spacial score (nSPS) is 19.5. The topological polar surface area (TPSA) is 50.3 Å². The molecule has 28 heavy (non-hydrogen) atoms. The number of ketones is 1. The molecule has 1 atom stereocenters. The van der Waals surface area contributed by atoms with Crippen molar-refractivity contribution in [1.29, 1.82) is 0 Å². The predicted molar refractivity (Wildman–Crippen MR) is 110 cm³/mol. The van der Waals surface area contributed by atoms with Crippen molar-refractivity contribution in [3.8, 4) is 0 Å². The van der Waals surface area contributed by atoms with Crippen molar-refractivity contribution < 1.29 is 9.59 Å². The van der Waals surface area contributed by atoms with E-state index >= 15 is 0 Å². The van der Waals surface area contributed by atoms with Gasteiger partial charge in [-0.05, 0) is 67.3 Å². The van der Waals surface area contributed by atoms with E-state index in [1.807, 2.05) is 6.07 Å². The van der Waals surface area contributed by atoms with E-state index in [-0.39, 0.29) is 18.1 Å². The molecule has 0 bridgehead atoms. The third-order valence-electron chi connectivity index (χ3n) is 5.60. The van der Waals surface area contributed by atoms with E-state index in [1.165, 1.54) is 0 Å². The third-order valence-corrected chi connectivity index (χ3v) is 6.34. The molecule has 4 rings (SSSR count). The van der Waals surface area contributed by atoms with Crippen LogP contribution in [-0.2, 0) is 11.2 Å². The van der Waals surface area contributed by atoms with E-state index in [0.29, 0.717) is 34.5 Å². The summed E-state index contributed by atoms with van der Waals surface area (Å²) < 4.78 is 0. The van der Waals surface area contributed by atoms with Crippen molar-refractivity contribution in [2.75, 3.05) is 6.54 Å². The first-order valence-corrected chi connectivity index (χ1v) is 10.5. The molecule has 2 heterocycles. The molecule has 2 aliphatic rings. The molecule has 1 aliphatic heterocycles. The number of hydrogen-bond donors (Lipinski definition) is 0. The number of pyridine rings is 1. The lowest BCUT2D eigenvalue weighted by molar-refractivity contribution is -0.133. The number of likely N-dealkylation sites (tertiary alicyclic amines) is 1. The highest BCUT2D eigenvalue weighted by molar-refractivity contribution is 6.42. The van der Waals surface area contributed by atoms with Crippen LogP contribution in [0.1, 0.15) is 59.5 Å². The first kappa shape index (κ1) is 19.4. The number of amides is 1. The molecule has 6 heteroatoms. The monoisotopic (exact) mass is 416 g/mol. The van der Waals surface area contributed by atoms with E-state index < -0.39 is 6.04 Å². The molecular weight excluding hydrogens is 395 g/mol. The summed E-state index contributed by atoms with van der Waals surface area (Å²) in [5.74, 6) is 0.441. The molecule has 146 valence electrons. The molecule has 1 saturated heterocycles. The van der Waals surface area contributed by atoms with Crippen molar-refractivity contribution in [1.82, 2.24) is 9.88 Å². The highest BCUT2D eigenvalue weighted by atomic mass is 35.5. The Morgan fingerprint density at radius 1 is 1.07 bits per heavy atom. The number of hydrogen-bond acceptors (Lipinski definition) is 3. The highest BCUT2D eigenvalue weighted by Crippen LogP contribution is 2.42. The zero-order valence-electron chi connectivity index (χ0n) is 15.5. The summed E-state index contributed by atoms with van der Waals surface area (Å²) in [4.78, 5) is 32.3. The van der Waals surface area contributed by atoms with Gasteiger partial charge in [0.2, 0.25) is 5.91 Å². The molecular formula is C22H22Cl2N2O2. The van der Waals surface area contributed by atoms with Crippen LogP contribution in [0.5, 0.6) is 0 Å². The quantitative estimate of drug-likeness (QED) is 0.638. The molecule has 4 nitrogen and oxygen atoms in total. The maximum absolute atomic E-state index is 13.3. The number of carbonyl (C=O) groups is 2. The van der Waals surface area contributed by atoms with Crippen LogP contribution >= 0.6 is 23.2 Å². The van der Waals surface area contributed by atoms with Gasteiger partial charge >= 0.3 is 0 Å². The minimum Gasteiger partial charge on any atom is -0.332 e. The van der Waals surface area contributed by atoms with Gasteiger partial charge in [0.1, 0.15) is 0 Å². The average Bonchev–Trinajstić information content (AvgIpc) is 3.55. The Morgan fingerprint density at radius 2 is 1.89 bits per heavy atom. The summed E-state index contributed by atoms with van der Waals surface area (Å²) in [6.45, 7) is 0.607. The van der Waals surface area contributed by atoms with Crippen LogP contribution in [0.3, 0.4) is 0 Å². The molecule has 0 radical (unpaired) electrons. The van der Waals surface area contributed by atoms with Crippen molar-refractivity contribution in [3.05, 3.63) is 63.4 Å². The van der Waals surface area contributed by atoms with Gasteiger partial charge in [0.25, 0.3) is 0 Å². The van der Waals surface area contributed by atoms with Crippen molar-refractivity contribution in [2.45, 2.75) is 50.5 Å². The fourth-order valence-corrected chi connectivity index (χ4v) is 4.29. The van der Waals surface area contributed by atoms with Crippen molar-refractivity contribution in [2.24, 2.45) is 0 Å². The Hall–Kier alpha value is -1.91. The van der Waals surface area contributed by atoms with E-state index in [2.05, 4.69) is 4.98 Å². The van der Waals surface area contributed by atoms with Gasteiger partial charge in [-0.15, -0.1) is 0 Å². The first-order valence-electron chi connectivity index (χ1n) is 9.76. The summed E-state index contributed by atoms with van der Waals surface area (Å²) in [5.41, 5.74) is 2.57. The Bertz CT molecular complexity index is 911. The van der Waals surface area contributed by atoms with Gasteiger partial charge in [0, 0.05) is 24.5 Å². The molecule has 0 N–H and O–H groups in total. The SMILES string of the molecule is O=C(c1cnccc1C1CC1)[C@H]1CCCCN1C(=O)Cc1ccc(Cl)c(Cl)c1. The van der Waals surface area contributed by atoms with Crippen LogP contribution in [-0.4, -0.2) is 34.2 Å². The standard InChI is InChI=1S/C22H22Cl2N2O2/c23-18-7-4-14(11-19(18)24)12-21(27)26-10-2-1-3-20(26)22(28)17-13-25-9-8-16(17)15-5-6-15/h4,7-9,11,13,15,20H,1-3,5-6,10,12H2/t20-/m1/s1. The molecule has 1 aliphatic carbocycles. The number of aromatic nitrogens is 1. The number of carbonyl (C=O) groups excluding carboxylic acids is 2. The number of Topliss-reactive ketones (excluding diaryl/α,β-unsaturated/α-hetero) is 1. The Morgan fingerprint density at radius 3 is 2.64 bits per heavy atom. The van der Waals surface area contributed by atoms with E-state index in [0.717, 1.165) is 36.8 Å². The molecule has 1 amide bonds. The Labute approximate surface area is 174 Å². The second-order valence-corrected chi connectivity index (χ2v) is 8.44. The lowest BCUT2D eigenvalue weighted by atomic mass is 9.91. The van der Waals surface area contributed by atoms with Crippen LogP contribution in [0.25, 0.3) is 0 Å². The Balaban J connectivity index is 1.55. The fraction of sp³-hybridized carbons (Fsp3) is 0.409. The molecule has 0 unspecified atom stereocenters. The van der Waals surface area contributed by atoms with E-state index in [9.17, 15) is 9.59 Å². The van der Waals surface area contributed by atoms with Gasteiger partial charge in [-0.25, -0.2) is 0 Å². The summed E-state index contributed by atoms with van der Waals surface area (Å²) in [6.07, 6.45) is 8.44. The van der Waals surface area contributed by atoms with Gasteiger partial charge in [-0.2, -0.15) is 0 Å². The van der Waals surface area contributed by atoms with Crippen LogP contribution in [0.4, 0.5) is 0 Å². The number of nitrogens with zero attached hydrogens (tertiary/aromatic N) is 2. The maximum Gasteiger partial charge on any atom is 0.227 e. The number of halogens is 2. The van der Waals surface area contributed by atoms with Crippen molar-refractivity contribution in [3.63, 3.8) is 0 Å². The summed E-state index contributed by atoms with van der Waals surface area (Å²) >= 11 is 12.0. The summed E-state index contributed by atoms with van der Waals surface area (Å²) in [6, 6.07) is 6.76. The predicted octanol–water partition coefficient (Wildman–Crippen LogP) is 5.07. The molecule has 2 aromatic rings. The number of piperidine rings is 1. The molecule has 1 aromatic carbocycles. The summed E-state index contributed by atoms with van der Waals surface area (Å²) in [7, 11) is 0. The minimum absolute atomic E-state index is 0.0252. The summed E-state index contributed by atoms with van der Waals surface area (Å²) in [5, 5.41) is 0.899. The largest absolute Gasteiger partial charge is 0.332 e.